The van der Waals surface area contributed by atoms with E-state index in [0.717, 1.165) is 18.4 Å². The number of carbonyl (C=O) groups is 2. The predicted octanol–water partition coefficient (Wildman–Crippen LogP) is 1.68. The highest BCUT2D eigenvalue weighted by atomic mass is 16.6. The summed E-state index contributed by atoms with van der Waals surface area (Å²) in [7, 11) is 0. The van der Waals surface area contributed by atoms with Gasteiger partial charge in [0.2, 0.25) is 5.91 Å². The first-order valence-corrected chi connectivity index (χ1v) is 7.01. The largest absolute Gasteiger partial charge is 0.445 e. The van der Waals surface area contributed by atoms with Crippen LogP contribution in [0.2, 0.25) is 0 Å². The maximum Gasteiger partial charge on any atom is 0.410 e. The number of likely N-dealkylation sites (tertiary alicyclic amines) is 1. The summed E-state index contributed by atoms with van der Waals surface area (Å²) < 4.78 is 5.36. The topological polar surface area (TPSA) is 58.6 Å². The Hall–Kier alpha value is -2.04. The Morgan fingerprint density at radius 1 is 1.35 bits per heavy atom. The monoisotopic (exact) mass is 274 g/mol. The van der Waals surface area contributed by atoms with Crippen molar-refractivity contribution >= 4 is 12.0 Å². The average Bonchev–Trinajstić information content (AvgIpc) is 2.85. The van der Waals surface area contributed by atoms with Crippen molar-refractivity contribution in [1.82, 2.24) is 10.2 Å². The van der Waals surface area contributed by atoms with Crippen molar-refractivity contribution in [2.24, 2.45) is 0 Å². The van der Waals surface area contributed by atoms with Crippen LogP contribution in [0.5, 0.6) is 0 Å². The molecule has 2 saturated heterocycles. The number of ether oxygens (including phenoxy) is 1. The molecule has 1 aromatic rings. The minimum absolute atomic E-state index is 0.0303. The van der Waals surface area contributed by atoms with E-state index < -0.39 is 0 Å². The number of rotatable bonds is 2. The highest BCUT2D eigenvalue weighted by Crippen LogP contribution is 2.25. The Morgan fingerprint density at radius 2 is 2.15 bits per heavy atom. The Kier molecular flexibility index (Phi) is 3.58. The minimum Gasteiger partial charge on any atom is -0.445 e. The lowest BCUT2D eigenvalue weighted by molar-refractivity contribution is -0.119. The summed E-state index contributed by atoms with van der Waals surface area (Å²) in [6, 6.07) is 9.66. The lowest BCUT2D eigenvalue weighted by Gasteiger charge is -2.35. The Bertz CT molecular complexity index is 503. The smallest absolute Gasteiger partial charge is 0.410 e. The molecule has 5 heteroatoms. The minimum atomic E-state index is -0.319. The third kappa shape index (κ3) is 2.61. The van der Waals surface area contributed by atoms with Crippen LogP contribution in [0.1, 0.15) is 24.8 Å². The van der Waals surface area contributed by atoms with Crippen molar-refractivity contribution < 1.29 is 14.3 Å². The number of fused-ring (bicyclic) bond motifs is 1. The molecule has 2 aliphatic heterocycles. The zero-order valence-electron chi connectivity index (χ0n) is 11.2. The molecule has 2 aliphatic rings. The van der Waals surface area contributed by atoms with Crippen LogP contribution in [-0.2, 0) is 16.1 Å². The molecule has 0 spiro atoms. The molecule has 2 atom stereocenters. The number of amides is 2. The molecule has 0 aromatic heterocycles. The number of hydrogen-bond acceptors (Lipinski definition) is 3. The third-order valence-electron chi connectivity index (χ3n) is 3.96. The van der Waals surface area contributed by atoms with E-state index in [-0.39, 0.29) is 30.7 Å². The summed E-state index contributed by atoms with van der Waals surface area (Å²) in [5.41, 5.74) is 0.968. The predicted molar refractivity (Wildman–Crippen MR) is 72.9 cm³/mol. The van der Waals surface area contributed by atoms with Crippen molar-refractivity contribution in [3.63, 3.8) is 0 Å². The van der Waals surface area contributed by atoms with E-state index in [4.69, 9.17) is 4.74 Å². The summed E-state index contributed by atoms with van der Waals surface area (Å²) in [6.45, 7) is 0.943. The average molecular weight is 274 g/mol. The standard InChI is InChI=1S/C15H18N2O3/c18-14-9-13-12(16-14)7-4-8-17(13)15(19)20-10-11-5-2-1-3-6-11/h1-3,5-6,12-13H,4,7-10H2,(H,16,18)/t12-,13+/m0/s1. The molecule has 1 aromatic carbocycles. The number of nitrogens with zero attached hydrogens (tertiary/aromatic N) is 1. The van der Waals surface area contributed by atoms with E-state index in [1.165, 1.54) is 0 Å². The van der Waals surface area contributed by atoms with Gasteiger partial charge in [0.05, 0.1) is 6.04 Å². The third-order valence-corrected chi connectivity index (χ3v) is 3.96. The Morgan fingerprint density at radius 3 is 2.95 bits per heavy atom. The number of nitrogens with one attached hydrogen (secondary N) is 1. The first-order chi connectivity index (χ1) is 9.74. The van der Waals surface area contributed by atoms with Gasteiger partial charge in [0.1, 0.15) is 6.61 Å². The van der Waals surface area contributed by atoms with E-state index in [1.807, 2.05) is 30.3 Å². The second-order valence-corrected chi connectivity index (χ2v) is 5.32. The maximum absolute atomic E-state index is 12.2. The molecular formula is C15H18N2O3. The summed E-state index contributed by atoms with van der Waals surface area (Å²) in [6.07, 6.45) is 1.92. The first kappa shape index (κ1) is 13.0. The first-order valence-electron chi connectivity index (χ1n) is 7.01. The van der Waals surface area contributed by atoms with Gasteiger partial charge in [-0.3, -0.25) is 4.79 Å². The van der Waals surface area contributed by atoms with Crippen molar-refractivity contribution in [3.05, 3.63) is 35.9 Å². The van der Waals surface area contributed by atoms with Crippen LogP contribution >= 0.6 is 0 Å². The van der Waals surface area contributed by atoms with Crippen LogP contribution in [0.4, 0.5) is 4.79 Å². The van der Waals surface area contributed by atoms with Crippen LogP contribution in [0, 0.1) is 0 Å². The number of hydrogen-bond donors (Lipinski definition) is 1. The molecular weight excluding hydrogens is 256 g/mol. The van der Waals surface area contributed by atoms with Crippen LogP contribution in [0.3, 0.4) is 0 Å². The molecule has 1 N–H and O–H groups in total. The lowest BCUT2D eigenvalue weighted by Crippen LogP contribution is -2.51. The van der Waals surface area contributed by atoms with Gasteiger partial charge in [-0.15, -0.1) is 0 Å². The van der Waals surface area contributed by atoms with Crippen molar-refractivity contribution in [1.29, 1.82) is 0 Å². The van der Waals surface area contributed by atoms with Gasteiger partial charge in [0.15, 0.2) is 0 Å². The highest BCUT2D eigenvalue weighted by molar-refractivity contribution is 5.81. The summed E-state index contributed by atoms with van der Waals surface area (Å²) in [5.74, 6) is 0.0303. The molecule has 2 amide bonds. The van der Waals surface area contributed by atoms with Crippen molar-refractivity contribution in [2.75, 3.05) is 6.54 Å². The van der Waals surface area contributed by atoms with Gasteiger partial charge >= 0.3 is 6.09 Å². The fourth-order valence-corrected chi connectivity index (χ4v) is 2.96. The molecule has 0 aliphatic carbocycles. The van der Waals surface area contributed by atoms with Gasteiger partial charge < -0.3 is 15.0 Å². The molecule has 0 unspecified atom stereocenters. The van der Waals surface area contributed by atoms with E-state index in [2.05, 4.69) is 5.32 Å². The van der Waals surface area contributed by atoms with Crippen LogP contribution in [-0.4, -0.2) is 35.5 Å². The summed E-state index contributed by atoms with van der Waals surface area (Å²) in [5, 5.41) is 2.93. The molecule has 0 saturated carbocycles. The zero-order valence-corrected chi connectivity index (χ0v) is 11.2. The molecule has 3 rings (SSSR count). The molecule has 0 bridgehead atoms. The lowest BCUT2D eigenvalue weighted by atomic mass is 9.98. The van der Waals surface area contributed by atoms with Crippen LogP contribution in [0.15, 0.2) is 30.3 Å². The normalized spacial score (nSPS) is 25.0. The Balaban J connectivity index is 1.60. The SMILES string of the molecule is O=C1C[C@@H]2[C@H](CCCN2C(=O)OCc2ccccc2)N1. The van der Waals surface area contributed by atoms with Gasteiger partial charge in [-0.1, -0.05) is 30.3 Å². The molecule has 5 nitrogen and oxygen atoms in total. The van der Waals surface area contributed by atoms with E-state index in [1.54, 1.807) is 4.90 Å². The number of piperidine rings is 1. The van der Waals surface area contributed by atoms with Crippen LogP contribution in [0.25, 0.3) is 0 Å². The molecule has 2 heterocycles. The van der Waals surface area contributed by atoms with Crippen molar-refractivity contribution in [3.8, 4) is 0 Å². The van der Waals surface area contributed by atoms with E-state index in [9.17, 15) is 9.59 Å². The fraction of sp³-hybridized carbons (Fsp3) is 0.467. The Labute approximate surface area is 117 Å². The molecule has 20 heavy (non-hydrogen) atoms. The fourth-order valence-electron chi connectivity index (χ4n) is 2.96. The zero-order chi connectivity index (χ0) is 13.9. The number of benzene rings is 1. The van der Waals surface area contributed by atoms with Gasteiger partial charge in [0.25, 0.3) is 0 Å². The summed E-state index contributed by atoms with van der Waals surface area (Å²) >= 11 is 0. The second kappa shape index (κ2) is 5.53. The highest BCUT2D eigenvalue weighted by Gasteiger charge is 2.41. The van der Waals surface area contributed by atoms with Gasteiger partial charge in [-0.2, -0.15) is 0 Å². The molecule has 106 valence electrons. The van der Waals surface area contributed by atoms with E-state index in [0.29, 0.717) is 13.0 Å². The maximum atomic E-state index is 12.2. The second-order valence-electron chi connectivity index (χ2n) is 5.32. The van der Waals surface area contributed by atoms with Crippen LogP contribution < -0.4 is 5.32 Å². The molecule has 0 radical (unpaired) electrons. The van der Waals surface area contributed by atoms with Crippen molar-refractivity contribution in [2.45, 2.75) is 38.0 Å². The van der Waals surface area contributed by atoms with Gasteiger partial charge in [-0.25, -0.2) is 4.79 Å². The van der Waals surface area contributed by atoms with Gasteiger partial charge in [0, 0.05) is 19.0 Å². The number of carbonyl (C=O) groups excluding carboxylic acids is 2. The van der Waals surface area contributed by atoms with Gasteiger partial charge in [-0.05, 0) is 18.4 Å². The summed E-state index contributed by atoms with van der Waals surface area (Å²) in [4.78, 5) is 25.4. The quantitative estimate of drug-likeness (QED) is 0.892. The molecule has 2 fully saturated rings. The van der Waals surface area contributed by atoms with E-state index >= 15 is 0 Å².